The van der Waals surface area contributed by atoms with Crippen LogP contribution in [-0.2, 0) is 38.2 Å². The molecule has 3 saturated carbocycles. The predicted octanol–water partition coefficient (Wildman–Crippen LogP) is 3.49. The van der Waals surface area contributed by atoms with E-state index >= 15 is 0 Å². The topological polar surface area (TPSA) is 173 Å². The van der Waals surface area contributed by atoms with Crippen LogP contribution in [0.1, 0.15) is 105 Å². The number of Topliss-reactive ketones (excluding diaryl/α,β-unsaturated/α-hetero) is 2. The first kappa shape index (κ1) is 34.4. The van der Waals surface area contributed by atoms with Gasteiger partial charge >= 0.3 is 11.9 Å². The fourth-order valence-corrected chi connectivity index (χ4v) is 9.82. The summed E-state index contributed by atoms with van der Waals surface area (Å²) >= 11 is 0. The van der Waals surface area contributed by atoms with E-state index in [0.29, 0.717) is 38.7 Å². The Morgan fingerprint density at radius 1 is 1.04 bits per heavy atom. The van der Waals surface area contributed by atoms with E-state index in [9.17, 15) is 39.0 Å². The van der Waals surface area contributed by atoms with Crippen molar-refractivity contribution in [3.63, 3.8) is 0 Å². The second-order valence-corrected chi connectivity index (χ2v) is 15.5. The number of carboxylic acid groups (broad SMARTS) is 1. The van der Waals surface area contributed by atoms with E-state index in [1.807, 2.05) is 20.8 Å². The van der Waals surface area contributed by atoms with Crippen LogP contribution in [0.25, 0.3) is 0 Å². The van der Waals surface area contributed by atoms with Gasteiger partial charge in [-0.05, 0) is 88.0 Å². The van der Waals surface area contributed by atoms with E-state index in [-0.39, 0.29) is 72.8 Å². The lowest BCUT2D eigenvalue weighted by Gasteiger charge is -2.57. The van der Waals surface area contributed by atoms with Gasteiger partial charge in [0.25, 0.3) is 0 Å². The summed E-state index contributed by atoms with van der Waals surface area (Å²) in [6.45, 7) is 7.55. The third-order valence-corrected chi connectivity index (χ3v) is 12.2. The zero-order valence-corrected chi connectivity index (χ0v) is 27.5. The number of ether oxygens (including phenoxy) is 2. The van der Waals surface area contributed by atoms with Crippen molar-refractivity contribution in [3.05, 3.63) is 11.6 Å². The molecule has 0 unspecified atom stereocenters. The third kappa shape index (κ3) is 6.33. The molecule has 1 heterocycles. The molecule has 4 aliphatic carbocycles. The van der Waals surface area contributed by atoms with Crippen LogP contribution < -0.4 is 5.32 Å². The highest BCUT2D eigenvalue weighted by Crippen LogP contribution is 2.66. The Bertz CT molecular complexity index is 1340. The summed E-state index contributed by atoms with van der Waals surface area (Å²) < 4.78 is 11.0. The summed E-state index contributed by atoms with van der Waals surface area (Å²) in [7, 11) is 0. The van der Waals surface area contributed by atoms with E-state index in [0.717, 1.165) is 18.4 Å². The van der Waals surface area contributed by atoms with Crippen LogP contribution in [-0.4, -0.2) is 75.9 Å². The minimum absolute atomic E-state index is 0.00153. The molecule has 5 aliphatic rings. The highest BCUT2D eigenvalue weighted by atomic mass is 16.5. The number of carbonyl (C=O) groups excluding carboxylic acids is 5. The molecule has 0 aromatic carbocycles. The fourth-order valence-electron chi connectivity index (χ4n) is 9.82. The molecule has 1 aliphatic heterocycles. The van der Waals surface area contributed by atoms with Crippen LogP contribution in [0, 0.1) is 34.5 Å². The van der Waals surface area contributed by atoms with Crippen molar-refractivity contribution >= 4 is 35.2 Å². The van der Waals surface area contributed by atoms with E-state index < -0.39 is 52.9 Å². The lowest BCUT2D eigenvalue weighted by atomic mass is 9.46. The summed E-state index contributed by atoms with van der Waals surface area (Å²) in [6.07, 6.45) is 5.46. The number of hydrogen-bond donors (Lipinski definition) is 3. The van der Waals surface area contributed by atoms with Gasteiger partial charge in [-0.3, -0.25) is 28.8 Å². The molecule has 11 nitrogen and oxygen atoms in total. The van der Waals surface area contributed by atoms with Gasteiger partial charge in [0.2, 0.25) is 11.7 Å². The second kappa shape index (κ2) is 12.6. The van der Waals surface area contributed by atoms with Gasteiger partial charge in [0, 0.05) is 43.2 Å². The van der Waals surface area contributed by atoms with E-state index in [4.69, 9.17) is 9.47 Å². The predicted molar refractivity (Wildman–Crippen MR) is 164 cm³/mol. The highest BCUT2D eigenvalue weighted by molar-refractivity contribution is 5.95. The number of carbonyl (C=O) groups is 6. The van der Waals surface area contributed by atoms with Crippen molar-refractivity contribution in [2.75, 3.05) is 13.2 Å². The van der Waals surface area contributed by atoms with E-state index in [1.54, 1.807) is 6.08 Å². The Morgan fingerprint density at radius 2 is 1.78 bits per heavy atom. The van der Waals surface area contributed by atoms with Crippen LogP contribution in [0.15, 0.2) is 11.6 Å². The largest absolute Gasteiger partial charge is 0.481 e. The number of hydrogen-bond acceptors (Lipinski definition) is 9. The fraction of sp³-hybridized carbons (Fsp3) is 0.771. The Balaban J connectivity index is 1.16. The van der Waals surface area contributed by atoms with E-state index in [2.05, 4.69) is 12.2 Å². The summed E-state index contributed by atoms with van der Waals surface area (Å²) in [5.74, 6) is -3.20. The number of nitrogens with one attached hydrogen (secondary N) is 1. The molecule has 4 fully saturated rings. The number of amides is 1. The van der Waals surface area contributed by atoms with Crippen LogP contribution >= 0.6 is 0 Å². The quantitative estimate of drug-likeness (QED) is 0.299. The Morgan fingerprint density at radius 3 is 2.48 bits per heavy atom. The van der Waals surface area contributed by atoms with Gasteiger partial charge in [-0.15, -0.1) is 0 Å². The number of aliphatic carboxylic acids is 1. The van der Waals surface area contributed by atoms with Gasteiger partial charge in [0.1, 0.15) is 11.4 Å². The number of ketones is 3. The molecule has 0 aromatic heterocycles. The Hall–Kier alpha value is -2.92. The monoisotopic (exact) mass is 643 g/mol. The number of esters is 1. The maximum atomic E-state index is 13.8. The Labute approximate surface area is 270 Å². The molecular formula is C35H49NO10. The molecule has 46 heavy (non-hydrogen) atoms. The molecule has 8 atom stereocenters. The summed E-state index contributed by atoms with van der Waals surface area (Å²) in [6, 6.07) is -0.608. The van der Waals surface area contributed by atoms with Crippen molar-refractivity contribution in [3.8, 4) is 0 Å². The molecule has 0 aromatic rings. The average Bonchev–Trinajstić information content (AvgIpc) is 3.24. The third-order valence-electron chi connectivity index (χ3n) is 12.2. The molecular weight excluding hydrogens is 594 g/mol. The SMILES string of the molecule is CC1(C)C[C@H]([C@H](CC(=O)O)NC(=O)CCC(=O)OCC(=O)[C@@]2(O)CC[C@@H]3[C@@H]4CCC5=CC(=O)CC[C@]5(C)[C@H]4C(=O)C[C@@]32C)CCO1. The number of allylic oxidation sites excluding steroid dienone is 1. The van der Waals surface area contributed by atoms with Gasteiger partial charge in [0.05, 0.1) is 18.4 Å². The summed E-state index contributed by atoms with van der Waals surface area (Å²) in [5.41, 5.74) is -2.57. The van der Waals surface area contributed by atoms with Gasteiger partial charge in [0.15, 0.2) is 12.4 Å². The highest BCUT2D eigenvalue weighted by Gasteiger charge is 2.68. The maximum absolute atomic E-state index is 13.8. The molecule has 11 heteroatoms. The lowest BCUT2D eigenvalue weighted by molar-refractivity contribution is -0.173. The van der Waals surface area contributed by atoms with Crippen molar-refractivity contribution in [1.82, 2.24) is 5.32 Å². The zero-order valence-electron chi connectivity index (χ0n) is 27.5. The van der Waals surface area contributed by atoms with E-state index in [1.165, 1.54) is 0 Å². The first-order chi connectivity index (χ1) is 21.5. The lowest BCUT2D eigenvalue weighted by Crippen LogP contribution is -2.61. The molecule has 3 N–H and O–H groups in total. The molecule has 1 saturated heterocycles. The first-order valence-electron chi connectivity index (χ1n) is 16.8. The van der Waals surface area contributed by atoms with Crippen molar-refractivity contribution in [1.29, 1.82) is 0 Å². The van der Waals surface area contributed by atoms with Crippen molar-refractivity contribution in [2.24, 2.45) is 34.5 Å². The zero-order chi connectivity index (χ0) is 33.7. The minimum Gasteiger partial charge on any atom is -0.481 e. The summed E-state index contributed by atoms with van der Waals surface area (Å²) in [5, 5.41) is 24.0. The van der Waals surface area contributed by atoms with Gasteiger partial charge in [-0.1, -0.05) is 19.4 Å². The van der Waals surface area contributed by atoms with Gasteiger partial charge in [-0.2, -0.15) is 0 Å². The normalized spacial score (nSPS) is 37.2. The van der Waals surface area contributed by atoms with Gasteiger partial charge < -0.3 is 25.0 Å². The number of rotatable bonds is 10. The number of carboxylic acids is 1. The molecule has 254 valence electrons. The van der Waals surface area contributed by atoms with Crippen LogP contribution in [0.5, 0.6) is 0 Å². The molecule has 0 spiro atoms. The standard InChI is InChI=1S/C35H49NO10/c1-32(2)17-20(11-14-46-32)25(16-29(41)42)36-28(40)7-8-30(43)45-19-27(39)35(44)13-10-24-23-6-5-21-15-22(37)9-12-33(21,3)31(23)26(38)18-34(24,35)4/h15,20,23-25,31,44H,5-14,16-19H2,1-4H3,(H,36,40)(H,41,42)/t20-,23+,24-,25+,31-,33+,34+,35+/m1/s1. The average molecular weight is 644 g/mol. The second-order valence-electron chi connectivity index (χ2n) is 15.5. The van der Waals surface area contributed by atoms with Crippen LogP contribution in [0.4, 0.5) is 0 Å². The van der Waals surface area contributed by atoms with Crippen molar-refractivity contribution in [2.45, 2.75) is 122 Å². The van der Waals surface area contributed by atoms with Crippen LogP contribution in [0.3, 0.4) is 0 Å². The molecule has 5 rings (SSSR count). The van der Waals surface area contributed by atoms with Crippen molar-refractivity contribution < 1.29 is 48.5 Å². The first-order valence-corrected chi connectivity index (χ1v) is 16.8. The molecule has 0 bridgehead atoms. The Kier molecular flexibility index (Phi) is 9.43. The smallest absolute Gasteiger partial charge is 0.306 e. The van der Waals surface area contributed by atoms with Gasteiger partial charge in [-0.25, -0.2) is 0 Å². The minimum atomic E-state index is -1.82. The molecule has 0 radical (unpaired) electrons. The number of fused-ring (bicyclic) bond motifs is 5. The molecule has 1 amide bonds. The summed E-state index contributed by atoms with van der Waals surface area (Å²) in [4.78, 5) is 76.2. The number of aliphatic hydroxyl groups is 1. The van der Waals surface area contributed by atoms with Crippen LogP contribution in [0.2, 0.25) is 0 Å². The maximum Gasteiger partial charge on any atom is 0.306 e.